The summed E-state index contributed by atoms with van der Waals surface area (Å²) in [7, 11) is -1.36. The molecule has 0 bridgehead atoms. The molecule has 0 saturated carbocycles. The Bertz CT molecular complexity index is 107. The molecule has 0 radical (unpaired) electrons. The second-order valence-electron chi connectivity index (χ2n) is 4.00. The molecule has 0 aromatic carbocycles. The Kier molecular flexibility index (Phi) is 12.5. The molecule has 0 unspecified atom stereocenters. The molecule has 0 atom stereocenters. The first-order valence-corrected chi connectivity index (χ1v) is 5.04. The molecule has 0 aromatic rings. The Balaban J connectivity index is 0. The van der Waals surface area contributed by atoms with Gasteiger partial charge in [-0.2, -0.15) is 0 Å². The maximum atomic E-state index is 5.51. The van der Waals surface area contributed by atoms with Crippen LogP contribution in [-0.4, -0.2) is 25.6 Å². The second-order valence-corrected chi connectivity index (χ2v) is 4.00. The summed E-state index contributed by atoms with van der Waals surface area (Å²) in [5.41, 5.74) is 0. The van der Waals surface area contributed by atoms with Crippen molar-refractivity contribution in [2.45, 2.75) is 59.9 Å². The fourth-order valence-electron chi connectivity index (χ4n) is 0.934. The molecule has 0 heterocycles. The van der Waals surface area contributed by atoms with Gasteiger partial charge in [-0.05, 0) is 41.5 Å². The topological polar surface area (TPSA) is 27.7 Å². The molecule has 0 rings (SSSR count). The molecule has 0 N–H and O–H groups in total. The monoisotopic (exact) mass is 228 g/mol. The van der Waals surface area contributed by atoms with E-state index in [0.717, 1.165) is 0 Å². The molecule has 80 valence electrons. The minimum absolute atomic E-state index is 0. The van der Waals surface area contributed by atoms with Crippen molar-refractivity contribution in [3.05, 3.63) is 0 Å². The van der Waals surface area contributed by atoms with Crippen LogP contribution in [0.2, 0.25) is 0 Å². The Hall–Kier alpha value is 1.58. The van der Waals surface area contributed by atoms with E-state index in [4.69, 9.17) is 14.0 Å². The van der Waals surface area contributed by atoms with Crippen LogP contribution in [0.15, 0.2) is 0 Å². The Morgan fingerprint density at radius 2 is 0.857 bits per heavy atom. The summed E-state index contributed by atoms with van der Waals surface area (Å²) in [6.45, 7) is 11.9. The van der Waals surface area contributed by atoms with Gasteiger partial charge < -0.3 is 14.0 Å². The molecule has 5 heteroatoms. The van der Waals surface area contributed by atoms with E-state index < -0.39 is 7.32 Å². The molecule has 0 aliphatic carbocycles. The fourth-order valence-corrected chi connectivity index (χ4v) is 0.934. The van der Waals surface area contributed by atoms with Gasteiger partial charge in [-0.3, -0.25) is 0 Å². The van der Waals surface area contributed by atoms with Crippen LogP contribution >= 0.6 is 0 Å². The van der Waals surface area contributed by atoms with Crippen LogP contribution in [0.25, 0.3) is 0 Å². The quantitative estimate of drug-likeness (QED) is 0.545. The van der Waals surface area contributed by atoms with Crippen LogP contribution in [-0.2, 0) is 14.0 Å². The Labute approximate surface area is 131 Å². The van der Waals surface area contributed by atoms with Gasteiger partial charge in [-0.25, -0.2) is 0 Å². The molecule has 0 aliphatic rings. The zero-order valence-electron chi connectivity index (χ0n) is 10.7. The molecule has 0 aliphatic heterocycles. The number of hydrogen-bond donors (Lipinski definition) is 0. The van der Waals surface area contributed by atoms with Crippen molar-refractivity contribution in [3.8, 4) is 0 Å². The van der Waals surface area contributed by atoms with Crippen LogP contribution in [0.1, 0.15) is 41.5 Å². The van der Waals surface area contributed by atoms with Gasteiger partial charge >= 0.3 is 58.7 Å². The molecular weight excluding hydrogens is 206 g/mol. The van der Waals surface area contributed by atoms with E-state index in [1.54, 1.807) is 0 Å². The van der Waals surface area contributed by atoms with Crippen molar-refractivity contribution in [2.75, 3.05) is 0 Å². The van der Waals surface area contributed by atoms with Crippen molar-refractivity contribution in [1.82, 2.24) is 0 Å². The summed E-state index contributed by atoms with van der Waals surface area (Å²) in [4.78, 5) is 0. The van der Waals surface area contributed by atoms with E-state index in [1.807, 2.05) is 41.5 Å². The third-order valence-electron chi connectivity index (χ3n) is 1.41. The van der Waals surface area contributed by atoms with E-state index in [2.05, 4.69) is 0 Å². The van der Waals surface area contributed by atoms with Gasteiger partial charge in [0.2, 0.25) is 0 Å². The van der Waals surface area contributed by atoms with Gasteiger partial charge in [-0.1, -0.05) is 0 Å². The zero-order chi connectivity index (χ0) is 10.4. The Morgan fingerprint density at radius 3 is 1.00 bits per heavy atom. The van der Waals surface area contributed by atoms with Crippen molar-refractivity contribution in [1.29, 1.82) is 0 Å². The van der Waals surface area contributed by atoms with Gasteiger partial charge in [-0.15, -0.1) is 0 Å². The molecule has 0 spiro atoms. The van der Waals surface area contributed by atoms with Crippen molar-refractivity contribution < 1.29 is 65.3 Å². The third kappa shape index (κ3) is 11.7. The first-order chi connectivity index (χ1) is 5.91. The standard InChI is InChI=1S/C9H22BO3.K/c1-7(2)11-10(12-8(3)4)13-9(5)6;/h7-10H,1-6H3;/q-1;+1. The fraction of sp³-hybridized carbons (Fsp3) is 1.00. The zero-order valence-corrected chi connectivity index (χ0v) is 13.8. The first kappa shape index (κ1) is 18.0. The van der Waals surface area contributed by atoms with Gasteiger partial charge in [0, 0.05) is 18.3 Å². The largest absolute Gasteiger partial charge is 1.00 e. The summed E-state index contributed by atoms with van der Waals surface area (Å²) in [6.07, 6.45) is 0.451. The van der Waals surface area contributed by atoms with Gasteiger partial charge in [0.05, 0.1) is 0 Å². The molecule has 0 saturated heterocycles. The van der Waals surface area contributed by atoms with E-state index in [-0.39, 0.29) is 69.7 Å². The molecule has 0 amide bonds. The maximum Gasteiger partial charge on any atom is 1.00 e. The molecule has 0 aromatic heterocycles. The van der Waals surface area contributed by atoms with E-state index in [9.17, 15) is 0 Å². The molecule has 14 heavy (non-hydrogen) atoms. The van der Waals surface area contributed by atoms with E-state index >= 15 is 0 Å². The number of rotatable bonds is 6. The summed E-state index contributed by atoms with van der Waals surface area (Å²) in [6, 6.07) is 0. The van der Waals surface area contributed by atoms with Gasteiger partial charge in [0.15, 0.2) is 0 Å². The SMILES string of the molecule is CC(C)O[BH-](OC(C)C)OC(C)C.[K+]. The average Bonchev–Trinajstić information content (AvgIpc) is 1.80. The summed E-state index contributed by atoms with van der Waals surface area (Å²) < 4.78 is 16.5. The average molecular weight is 228 g/mol. The molecule has 3 nitrogen and oxygen atoms in total. The van der Waals surface area contributed by atoms with Crippen LogP contribution in [0, 0.1) is 0 Å². The van der Waals surface area contributed by atoms with E-state index in [1.165, 1.54) is 0 Å². The maximum absolute atomic E-state index is 5.51. The Morgan fingerprint density at radius 1 is 0.643 bits per heavy atom. The van der Waals surface area contributed by atoms with Crippen LogP contribution in [0.5, 0.6) is 0 Å². The number of hydrogen-bond acceptors (Lipinski definition) is 3. The summed E-state index contributed by atoms with van der Waals surface area (Å²) >= 11 is 0. The first-order valence-electron chi connectivity index (χ1n) is 5.04. The van der Waals surface area contributed by atoms with E-state index in [0.29, 0.717) is 0 Å². The second kappa shape index (κ2) is 9.78. The van der Waals surface area contributed by atoms with Crippen LogP contribution in [0.4, 0.5) is 0 Å². The molecule has 0 fully saturated rings. The van der Waals surface area contributed by atoms with Crippen molar-refractivity contribution >= 4 is 7.32 Å². The van der Waals surface area contributed by atoms with Crippen molar-refractivity contribution in [3.63, 3.8) is 0 Å². The third-order valence-corrected chi connectivity index (χ3v) is 1.41. The predicted octanol–water partition coefficient (Wildman–Crippen LogP) is -1.02. The minimum Gasteiger partial charge on any atom is -0.545 e. The van der Waals surface area contributed by atoms with Gasteiger partial charge in [0.25, 0.3) is 0 Å². The minimum atomic E-state index is -1.36. The van der Waals surface area contributed by atoms with Crippen LogP contribution in [0.3, 0.4) is 0 Å². The predicted molar refractivity (Wildman–Crippen MR) is 55.8 cm³/mol. The van der Waals surface area contributed by atoms with Crippen LogP contribution < -0.4 is 51.4 Å². The summed E-state index contributed by atoms with van der Waals surface area (Å²) in [5.74, 6) is 0. The molecular formula is C9H22BKO3. The summed E-state index contributed by atoms with van der Waals surface area (Å²) in [5, 5.41) is 0. The smallest absolute Gasteiger partial charge is 0.545 e. The van der Waals surface area contributed by atoms with Gasteiger partial charge in [0.1, 0.15) is 0 Å². The normalized spacial score (nSPS) is 11.6. The van der Waals surface area contributed by atoms with Crippen molar-refractivity contribution in [2.24, 2.45) is 0 Å².